The molecule has 4 nitrogen and oxygen atoms in total. The highest BCUT2D eigenvalue weighted by Gasteiger charge is 2.22. The zero-order valence-electron chi connectivity index (χ0n) is 17.2. The van der Waals surface area contributed by atoms with Gasteiger partial charge in [-0.05, 0) is 56.0 Å². The van der Waals surface area contributed by atoms with E-state index in [9.17, 15) is 10.4 Å². The van der Waals surface area contributed by atoms with Gasteiger partial charge in [0, 0.05) is 16.0 Å². The lowest BCUT2D eigenvalue weighted by molar-refractivity contribution is 0.177. The first-order chi connectivity index (χ1) is 15.1. The molecule has 0 spiro atoms. The number of aliphatic hydroxyl groups is 1. The van der Waals surface area contributed by atoms with Crippen molar-refractivity contribution in [2.45, 2.75) is 19.3 Å². The number of piperidine rings is 1. The lowest BCUT2D eigenvalue weighted by atomic mass is 9.90. The van der Waals surface area contributed by atoms with Crippen molar-refractivity contribution in [3.8, 4) is 17.3 Å². The summed E-state index contributed by atoms with van der Waals surface area (Å²) in [6, 6.07) is 20.2. The van der Waals surface area contributed by atoms with E-state index in [4.69, 9.17) is 11.6 Å². The summed E-state index contributed by atoms with van der Waals surface area (Å²) in [5.74, 6) is 0.766. The molecule has 0 bridgehead atoms. The van der Waals surface area contributed by atoms with Crippen LogP contribution in [-0.2, 0) is 6.42 Å². The average Bonchev–Trinajstić information content (AvgIpc) is 3.26. The zero-order chi connectivity index (χ0) is 21.6. The van der Waals surface area contributed by atoms with Gasteiger partial charge in [0.05, 0.1) is 12.2 Å². The fourth-order valence-electron chi connectivity index (χ4n) is 3.96. The molecule has 0 amide bonds. The first kappa shape index (κ1) is 21.6. The van der Waals surface area contributed by atoms with Gasteiger partial charge < -0.3 is 5.11 Å². The molecule has 2 aromatic carbocycles. The summed E-state index contributed by atoms with van der Waals surface area (Å²) in [6.45, 7) is 2.24. The van der Waals surface area contributed by atoms with E-state index in [0.29, 0.717) is 22.5 Å². The van der Waals surface area contributed by atoms with Crippen LogP contribution < -0.4 is 0 Å². The number of thiazole rings is 1. The van der Waals surface area contributed by atoms with Gasteiger partial charge in [-0.3, -0.25) is 4.90 Å². The summed E-state index contributed by atoms with van der Waals surface area (Å²) in [7, 11) is 0. The Morgan fingerprint density at radius 2 is 1.84 bits per heavy atom. The molecular formula is C25H24ClN3OS. The van der Waals surface area contributed by atoms with Crippen LogP contribution in [0.3, 0.4) is 0 Å². The van der Waals surface area contributed by atoms with Gasteiger partial charge in [0.25, 0.3) is 0 Å². The van der Waals surface area contributed by atoms with E-state index in [0.717, 1.165) is 43.6 Å². The molecule has 2 heterocycles. The number of likely N-dealkylation sites (tertiary alicyclic amines) is 1. The second-order valence-corrected chi connectivity index (χ2v) is 9.18. The highest BCUT2D eigenvalue weighted by atomic mass is 35.5. The lowest BCUT2D eigenvalue weighted by Gasteiger charge is -2.31. The Morgan fingerprint density at radius 1 is 1.13 bits per heavy atom. The van der Waals surface area contributed by atoms with Gasteiger partial charge in [-0.25, -0.2) is 4.98 Å². The molecule has 1 aliphatic rings. The van der Waals surface area contributed by atoms with Crippen molar-refractivity contribution in [1.29, 1.82) is 5.26 Å². The number of nitriles is 1. The second kappa shape index (κ2) is 10.1. The highest BCUT2D eigenvalue weighted by Crippen LogP contribution is 2.29. The van der Waals surface area contributed by atoms with Crippen molar-refractivity contribution in [3.63, 3.8) is 0 Å². The van der Waals surface area contributed by atoms with E-state index in [2.05, 4.69) is 46.3 Å². The number of hydrogen-bond acceptors (Lipinski definition) is 5. The summed E-state index contributed by atoms with van der Waals surface area (Å²) >= 11 is 7.33. The smallest absolute Gasteiger partial charge is 0.138 e. The fraction of sp³-hybridized carbons (Fsp3) is 0.280. The van der Waals surface area contributed by atoms with Gasteiger partial charge in [-0.15, -0.1) is 11.3 Å². The molecule has 1 fully saturated rings. The minimum Gasteiger partial charge on any atom is -0.509 e. The summed E-state index contributed by atoms with van der Waals surface area (Å²) in [6.07, 6.45) is 3.30. The van der Waals surface area contributed by atoms with Gasteiger partial charge in [-0.1, -0.05) is 54.1 Å². The van der Waals surface area contributed by atoms with Crippen molar-refractivity contribution >= 4 is 28.5 Å². The van der Waals surface area contributed by atoms with E-state index in [1.165, 1.54) is 16.9 Å². The molecule has 1 N–H and O–H groups in total. The molecule has 4 rings (SSSR count). The number of benzene rings is 2. The Balaban J connectivity index is 1.38. The summed E-state index contributed by atoms with van der Waals surface area (Å²) in [5.41, 5.74) is 3.36. The monoisotopic (exact) mass is 449 g/mol. The van der Waals surface area contributed by atoms with Crippen LogP contribution >= 0.6 is 22.9 Å². The number of aromatic nitrogens is 1. The Morgan fingerprint density at radius 3 is 2.52 bits per heavy atom. The van der Waals surface area contributed by atoms with E-state index in [1.807, 2.05) is 29.6 Å². The largest absolute Gasteiger partial charge is 0.509 e. The molecule has 0 saturated carbocycles. The van der Waals surface area contributed by atoms with Crippen LogP contribution in [-0.4, -0.2) is 34.6 Å². The Hall–Kier alpha value is -2.65. The van der Waals surface area contributed by atoms with Crippen molar-refractivity contribution in [2.75, 3.05) is 19.6 Å². The third kappa shape index (κ3) is 5.54. The Kier molecular flexibility index (Phi) is 7.03. The molecular weight excluding hydrogens is 426 g/mol. The molecule has 0 unspecified atom stereocenters. The third-order valence-electron chi connectivity index (χ3n) is 5.71. The number of halogens is 1. The van der Waals surface area contributed by atoms with E-state index >= 15 is 0 Å². The minimum atomic E-state index is 0.0982. The van der Waals surface area contributed by atoms with Crippen molar-refractivity contribution in [3.05, 3.63) is 81.3 Å². The van der Waals surface area contributed by atoms with Crippen LogP contribution in [0.1, 0.15) is 23.4 Å². The zero-order valence-corrected chi connectivity index (χ0v) is 18.7. The lowest BCUT2D eigenvalue weighted by Crippen LogP contribution is -2.35. The van der Waals surface area contributed by atoms with E-state index < -0.39 is 0 Å². The number of rotatable bonds is 6. The standard InChI is InChI=1S/C25H24ClN3OS/c26-21-8-6-20(7-9-21)23-17-31-25(28-23)22(15-27)24(30)16-29-12-10-19(11-13-29)14-18-4-2-1-3-5-18/h1-9,17,19,30H,10-14,16H2/b24-22-. The molecule has 6 heteroatoms. The molecule has 1 saturated heterocycles. The molecule has 0 aliphatic carbocycles. The maximum atomic E-state index is 10.7. The maximum absolute atomic E-state index is 10.7. The maximum Gasteiger partial charge on any atom is 0.138 e. The predicted octanol–water partition coefficient (Wildman–Crippen LogP) is 6.21. The number of aliphatic hydroxyl groups excluding tert-OH is 1. The Bertz CT molecular complexity index is 1080. The van der Waals surface area contributed by atoms with Crippen LogP contribution in [0.2, 0.25) is 5.02 Å². The van der Waals surface area contributed by atoms with Gasteiger partial charge in [0.1, 0.15) is 22.4 Å². The van der Waals surface area contributed by atoms with Crippen molar-refractivity contribution in [2.24, 2.45) is 5.92 Å². The van der Waals surface area contributed by atoms with E-state index in [1.54, 1.807) is 0 Å². The highest BCUT2D eigenvalue weighted by molar-refractivity contribution is 7.11. The first-order valence-corrected chi connectivity index (χ1v) is 11.7. The topological polar surface area (TPSA) is 60.1 Å². The van der Waals surface area contributed by atoms with Crippen LogP contribution in [0, 0.1) is 17.2 Å². The van der Waals surface area contributed by atoms with Crippen molar-refractivity contribution < 1.29 is 5.11 Å². The Labute approximate surface area is 192 Å². The van der Waals surface area contributed by atoms with Crippen LogP contribution in [0.5, 0.6) is 0 Å². The SMILES string of the molecule is N#C/C(=C(/O)CN1CCC(Cc2ccccc2)CC1)c1nc(-c2ccc(Cl)cc2)cs1. The van der Waals surface area contributed by atoms with Crippen LogP contribution in [0.15, 0.2) is 65.7 Å². The van der Waals surface area contributed by atoms with Gasteiger partial charge >= 0.3 is 0 Å². The molecule has 31 heavy (non-hydrogen) atoms. The first-order valence-electron chi connectivity index (χ1n) is 10.4. The molecule has 0 atom stereocenters. The molecule has 0 radical (unpaired) electrons. The summed E-state index contributed by atoms with van der Waals surface area (Å²) < 4.78 is 0. The second-order valence-electron chi connectivity index (χ2n) is 7.89. The minimum absolute atomic E-state index is 0.0982. The van der Waals surface area contributed by atoms with Gasteiger partial charge in [-0.2, -0.15) is 5.26 Å². The molecule has 1 aliphatic heterocycles. The third-order valence-corrected chi connectivity index (χ3v) is 6.82. The summed E-state index contributed by atoms with van der Waals surface area (Å²) in [4.78, 5) is 6.80. The van der Waals surface area contributed by atoms with Gasteiger partial charge in [0.2, 0.25) is 0 Å². The van der Waals surface area contributed by atoms with Gasteiger partial charge in [0.15, 0.2) is 0 Å². The molecule has 3 aromatic rings. The number of allylic oxidation sites excluding steroid dienone is 1. The fourth-order valence-corrected chi connectivity index (χ4v) is 4.93. The van der Waals surface area contributed by atoms with Crippen LogP contribution in [0.4, 0.5) is 0 Å². The number of nitrogens with zero attached hydrogens (tertiary/aromatic N) is 3. The van der Waals surface area contributed by atoms with Crippen LogP contribution in [0.25, 0.3) is 16.8 Å². The average molecular weight is 450 g/mol. The molecule has 1 aromatic heterocycles. The van der Waals surface area contributed by atoms with Crippen molar-refractivity contribution in [1.82, 2.24) is 9.88 Å². The quantitative estimate of drug-likeness (QED) is 0.359. The summed E-state index contributed by atoms with van der Waals surface area (Å²) in [5, 5.41) is 23.5. The molecule has 158 valence electrons. The normalized spacial score (nSPS) is 16.0. The van der Waals surface area contributed by atoms with E-state index in [-0.39, 0.29) is 11.3 Å². The number of hydrogen-bond donors (Lipinski definition) is 1. The predicted molar refractivity (Wildman–Crippen MR) is 127 cm³/mol.